The largest absolute Gasteiger partial charge is 0.465 e. The number of amides is 2. The minimum absolute atomic E-state index is 0.00873. The van der Waals surface area contributed by atoms with Crippen LogP contribution >= 0.6 is 11.6 Å². The molecule has 172 valence electrons. The first-order valence-electron chi connectivity index (χ1n) is 10.6. The van der Waals surface area contributed by atoms with Crippen LogP contribution in [0.2, 0.25) is 5.02 Å². The van der Waals surface area contributed by atoms with Crippen molar-refractivity contribution in [3.63, 3.8) is 0 Å². The summed E-state index contributed by atoms with van der Waals surface area (Å²) in [6, 6.07) is 10.6. The quantitative estimate of drug-likeness (QED) is 0.576. The molecule has 0 bridgehead atoms. The van der Waals surface area contributed by atoms with Crippen LogP contribution in [-0.2, 0) is 0 Å². The highest BCUT2D eigenvalue weighted by molar-refractivity contribution is 6.35. The molecule has 0 spiro atoms. The van der Waals surface area contributed by atoms with Crippen LogP contribution < -0.4 is 11.3 Å². The Balaban J connectivity index is 2.10. The lowest BCUT2D eigenvalue weighted by atomic mass is 9.99. The van der Waals surface area contributed by atoms with Crippen LogP contribution in [0.1, 0.15) is 55.8 Å². The molecule has 1 aromatic heterocycles. The zero-order valence-electron chi connectivity index (χ0n) is 18.6. The number of carboxylic acid groups (broad SMARTS) is 1. The third kappa shape index (κ3) is 4.18. The second-order valence-corrected chi connectivity index (χ2v) is 9.67. The predicted molar refractivity (Wildman–Crippen MR) is 126 cm³/mol. The molecule has 1 atom stereocenters. The van der Waals surface area contributed by atoms with Crippen molar-refractivity contribution in [2.75, 3.05) is 0 Å². The number of primary amides is 1. The number of nitrogens with two attached hydrogens (primary N) is 1. The number of carbonyl (C=O) groups is 2. The van der Waals surface area contributed by atoms with E-state index in [4.69, 9.17) is 22.3 Å². The minimum Gasteiger partial charge on any atom is -0.465 e. The molecule has 1 fully saturated rings. The van der Waals surface area contributed by atoms with Crippen molar-refractivity contribution in [3.8, 4) is 5.69 Å². The molecule has 2 aromatic carbocycles. The zero-order valence-corrected chi connectivity index (χ0v) is 19.3. The predicted octanol–water partition coefficient (Wildman–Crippen LogP) is 4.37. The molecule has 4 rings (SSSR count). The number of nitrogens with zero attached hydrogens (tertiary/aromatic N) is 3. The summed E-state index contributed by atoms with van der Waals surface area (Å²) in [5, 5.41) is 10.6. The van der Waals surface area contributed by atoms with Crippen molar-refractivity contribution in [3.05, 3.63) is 69.2 Å². The van der Waals surface area contributed by atoms with E-state index in [1.807, 2.05) is 20.8 Å². The van der Waals surface area contributed by atoms with Crippen LogP contribution in [0.15, 0.2) is 47.3 Å². The van der Waals surface area contributed by atoms with Crippen LogP contribution in [0.3, 0.4) is 0 Å². The maximum Gasteiger partial charge on any atom is 0.408 e. The average Bonchev–Trinajstić information content (AvgIpc) is 3.55. The van der Waals surface area contributed by atoms with E-state index in [0.29, 0.717) is 11.2 Å². The number of benzene rings is 2. The summed E-state index contributed by atoms with van der Waals surface area (Å²) in [5.41, 5.74) is 5.25. The third-order valence-corrected chi connectivity index (χ3v) is 6.12. The summed E-state index contributed by atoms with van der Waals surface area (Å²) < 4.78 is 1.37. The topological polar surface area (TPSA) is 119 Å². The summed E-state index contributed by atoms with van der Waals surface area (Å²) in [6.45, 7) is 5.43. The molecule has 3 N–H and O–H groups in total. The molecule has 3 aromatic rings. The first-order valence-corrected chi connectivity index (χ1v) is 11.0. The number of carbonyl (C=O) groups excluding carboxylic acids is 1. The van der Waals surface area contributed by atoms with Gasteiger partial charge in [-0.05, 0) is 69.9 Å². The molecule has 0 unspecified atom stereocenters. The van der Waals surface area contributed by atoms with Gasteiger partial charge in [0.2, 0.25) is 5.91 Å². The molecular weight excluding hydrogens is 444 g/mol. The average molecular weight is 469 g/mol. The van der Waals surface area contributed by atoms with Gasteiger partial charge in [-0.25, -0.2) is 9.78 Å². The first kappa shape index (κ1) is 22.8. The Morgan fingerprint density at radius 3 is 2.45 bits per heavy atom. The molecular formula is C24H25ClN4O4. The third-order valence-electron chi connectivity index (χ3n) is 5.80. The van der Waals surface area contributed by atoms with E-state index in [2.05, 4.69) is 0 Å². The highest BCUT2D eigenvalue weighted by atomic mass is 35.5. The Morgan fingerprint density at radius 2 is 1.88 bits per heavy atom. The molecule has 33 heavy (non-hydrogen) atoms. The van der Waals surface area contributed by atoms with Crippen molar-refractivity contribution in [1.82, 2.24) is 14.5 Å². The number of hydrogen-bond acceptors (Lipinski definition) is 4. The summed E-state index contributed by atoms with van der Waals surface area (Å²) >= 11 is 6.36. The smallest absolute Gasteiger partial charge is 0.408 e. The summed E-state index contributed by atoms with van der Waals surface area (Å²) in [7, 11) is 0. The number of hydrogen-bond donors (Lipinski definition) is 2. The zero-order chi connectivity index (χ0) is 24.1. The van der Waals surface area contributed by atoms with Gasteiger partial charge in [-0.1, -0.05) is 23.7 Å². The van der Waals surface area contributed by atoms with E-state index < -0.39 is 29.1 Å². The van der Waals surface area contributed by atoms with E-state index in [1.54, 1.807) is 36.4 Å². The van der Waals surface area contributed by atoms with E-state index in [-0.39, 0.29) is 27.7 Å². The Kier molecular flexibility index (Phi) is 5.66. The molecule has 0 radical (unpaired) electrons. The Labute approximate surface area is 195 Å². The van der Waals surface area contributed by atoms with Gasteiger partial charge in [0.25, 0.3) is 5.56 Å². The van der Waals surface area contributed by atoms with E-state index >= 15 is 0 Å². The van der Waals surface area contributed by atoms with Crippen LogP contribution in [-0.4, -0.2) is 37.1 Å². The lowest BCUT2D eigenvalue weighted by molar-refractivity contribution is 0.0582. The van der Waals surface area contributed by atoms with Crippen molar-refractivity contribution in [2.24, 2.45) is 11.7 Å². The van der Waals surface area contributed by atoms with Gasteiger partial charge in [0.15, 0.2) is 0 Å². The molecule has 1 aliphatic carbocycles. The molecule has 1 heterocycles. The van der Waals surface area contributed by atoms with E-state index in [9.17, 15) is 19.5 Å². The number of aromatic nitrogens is 2. The summed E-state index contributed by atoms with van der Waals surface area (Å²) in [6.07, 6.45) is 0.530. The van der Waals surface area contributed by atoms with Gasteiger partial charge in [-0.2, -0.15) is 0 Å². The summed E-state index contributed by atoms with van der Waals surface area (Å²) in [4.78, 5) is 44.2. The normalized spacial score (nSPS) is 14.8. The van der Waals surface area contributed by atoms with Crippen molar-refractivity contribution in [1.29, 1.82) is 0 Å². The Bertz CT molecular complexity index is 1320. The highest BCUT2D eigenvalue weighted by Crippen LogP contribution is 2.46. The molecule has 2 amide bonds. The van der Waals surface area contributed by atoms with Gasteiger partial charge in [0.1, 0.15) is 5.82 Å². The van der Waals surface area contributed by atoms with Gasteiger partial charge >= 0.3 is 6.09 Å². The second kappa shape index (κ2) is 8.19. The SMILES string of the molecule is CC(C)(C)N(C(=O)O)[C@H](c1nc2cccc(Cl)c2c(=O)n1-c1cccc(C(N)=O)c1)C1CC1. The number of rotatable bonds is 5. The fraction of sp³-hybridized carbons (Fsp3) is 0.333. The number of fused-ring (bicyclic) bond motifs is 1. The van der Waals surface area contributed by atoms with Gasteiger partial charge in [-0.3, -0.25) is 19.1 Å². The monoisotopic (exact) mass is 468 g/mol. The second-order valence-electron chi connectivity index (χ2n) is 9.26. The molecule has 0 saturated heterocycles. The maximum absolute atomic E-state index is 13.8. The molecule has 1 aliphatic rings. The fourth-order valence-corrected chi connectivity index (χ4v) is 4.48. The Hall–Kier alpha value is -3.39. The Morgan fingerprint density at radius 1 is 1.21 bits per heavy atom. The van der Waals surface area contributed by atoms with E-state index in [1.165, 1.54) is 15.5 Å². The maximum atomic E-state index is 13.8. The van der Waals surface area contributed by atoms with Gasteiger partial charge in [-0.15, -0.1) is 0 Å². The number of halogens is 1. The first-order chi connectivity index (χ1) is 15.5. The van der Waals surface area contributed by atoms with Gasteiger partial charge in [0.05, 0.1) is 27.7 Å². The fourth-order valence-electron chi connectivity index (χ4n) is 4.23. The van der Waals surface area contributed by atoms with Crippen molar-refractivity contribution in [2.45, 2.75) is 45.2 Å². The minimum atomic E-state index is -1.10. The molecule has 0 aliphatic heterocycles. The van der Waals surface area contributed by atoms with Crippen LogP contribution in [0, 0.1) is 5.92 Å². The van der Waals surface area contributed by atoms with Crippen molar-refractivity contribution < 1.29 is 14.7 Å². The lowest BCUT2D eigenvalue weighted by Crippen LogP contribution is -2.49. The lowest BCUT2D eigenvalue weighted by Gasteiger charge is -2.40. The van der Waals surface area contributed by atoms with Gasteiger partial charge < -0.3 is 10.8 Å². The standard InChI is InChI=1S/C24H25ClN4O4/c1-24(2,3)29(23(32)33)19(13-10-11-13)21-27-17-9-5-8-16(25)18(17)22(31)28(21)15-7-4-6-14(12-15)20(26)30/h4-9,12-13,19H,10-11H2,1-3H3,(H2,26,30)(H,32,33)/t19-/m0/s1. The van der Waals surface area contributed by atoms with Crippen LogP contribution in [0.5, 0.6) is 0 Å². The summed E-state index contributed by atoms with van der Waals surface area (Å²) in [5.74, 6) is -0.343. The highest BCUT2D eigenvalue weighted by Gasteiger charge is 2.45. The van der Waals surface area contributed by atoms with Crippen LogP contribution in [0.4, 0.5) is 4.79 Å². The molecule has 8 nitrogen and oxygen atoms in total. The van der Waals surface area contributed by atoms with E-state index in [0.717, 1.165) is 12.8 Å². The van der Waals surface area contributed by atoms with Crippen molar-refractivity contribution >= 4 is 34.5 Å². The van der Waals surface area contributed by atoms with Crippen LogP contribution in [0.25, 0.3) is 16.6 Å². The molecule has 9 heteroatoms. The van der Waals surface area contributed by atoms with Gasteiger partial charge in [0, 0.05) is 11.1 Å². The molecule has 1 saturated carbocycles.